The van der Waals surface area contributed by atoms with Crippen LogP contribution in [0, 0.1) is 35.5 Å². The Balaban J connectivity index is 1.37. The zero-order chi connectivity index (χ0) is 22.3. The fraction of sp³-hybridized carbons (Fsp3) is 0.806. The van der Waals surface area contributed by atoms with Crippen LogP contribution in [0.15, 0.2) is 30.3 Å². The van der Waals surface area contributed by atoms with Gasteiger partial charge in [0.1, 0.15) is 0 Å². The van der Waals surface area contributed by atoms with Crippen LogP contribution in [-0.4, -0.2) is 8.07 Å². The summed E-state index contributed by atoms with van der Waals surface area (Å²) in [4.78, 5) is 0. The van der Waals surface area contributed by atoms with Crippen molar-refractivity contribution < 1.29 is 0 Å². The summed E-state index contributed by atoms with van der Waals surface area (Å²) in [7, 11) is -1.28. The molecule has 1 aromatic rings. The second-order valence-electron chi connectivity index (χ2n) is 13.2. The largest absolute Gasteiger partial charge is 0.0689 e. The van der Waals surface area contributed by atoms with Crippen molar-refractivity contribution in [1.29, 1.82) is 0 Å². The highest BCUT2D eigenvalue weighted by Crippen LogP contribution is 2.64. The van der Waals surface area contributed by atoms with Crippen LogP contribution in [0.3, 0.4) is 0 Å². The predicted octanol–water partition coefficient (Wildman–Crippen LogP) is 9.69. The van der Waals surface area contributed by atoms with Crippen LogP contribution in [-0.2, 0) is 0 Å². The van der Waals surface area contributed by atoms with E-state index in [0.717, 1.165) is 52.5 Å². The van der Waals surface area contributed by atoms with E-state index < -0.39 is 8.07 Å². The summed E-state index contributed by atoms with van der Waals surface area (Å²) >= 11 is 0. The smallest absolute Gasteiger partial charge is 0.0541 e. The molecule has 32 heavy (non-hydrogen) atoms. The normalized spacial score (nSPS) is 40.6. The molecule has 0 radical (unpaired) electrons. The molecule has 1 heteroatoms. The third kappa shape index (κ3) is 4.18. The first-order valence-corrected chi connectivity index (χ1v) is 17.7. The molecule has 1 aromatic carbocycles. The minimum Gasteiger partial charge on any atom is -0.0689 e. The maximum Gasteiger partial charge on any atom is 0.0541 e. The van der Waals surface area contributed by atoms with Crippen LogP contribution in [0.2, 0.25) is 24.2 Å². The Morgan fingerprint density at radius 2 is 1.34 bits per heavy atom. The first-order valence-electron chi connectivity index (χ1n) is 14.6. The average Bonchev–Trinajstić information content (AvgIpc) is 3.37. The Bertz CT molecular complexity index is 738. The molecule has 0 amide bonds. The van der Waals surface area contributed by atoms with Crippen molar-refractivity contribution >= 4 is 8.07 Å². The highest BCUT2D eigenvalue weighted by atomic mass is 28.3. The van der Waals surface area contributed by atoms with Gasteiger partial charge in [-0.25, -0.2) is 0 Å². The van der Waals surface area contributed by atoms with Gasteiger partial charge >= 0.3 is 0 Å². The second-order valence-corrected chi connectivity index (χ2v) is 18.3. The number of rotatable bonds is 6. The van der Waals surface area contributed by atoms with E-state index in [-0.39, 0.29) is 0 Å². The quantitative estimate of drug-likeness (QED) is 0.378. The van der Waals surface area contributed by atoms with Crippen LogP contribution in [0.25, 0.3) is 0 Å². The Morgan fingerprint density at radius 1 is 0.781 bits per heavy atom. The van der Waals surface area contributed by atoms with Gasteiger partial charge in [-0.1, -0.05) is 95.8 Å². The van der Waals surface area contributed by atoms with E-state index in [1.54, 1.807) is 44.1 Å². The van der Waals surface area contributed by atoms with Crippen LogP contribution in [0.4, 0.5) is 0 Å². The molecule has 0 saturated heterocycles. The van der Waals surface area contributed by atoms with Gasteiger partial charge in [0.2, 0.25) is 0 Å². The van der Waals surface area contributed by atoms with Gasteiger partial charge in [0.15, 0.2) is 0 Å². The van der Waals surface area contributed by atoms with Gasteiger partial charge in [0, 0.05) is 0 Å². The molecule has 0 aliphatic heterocycles. The lowest BCUT2D eigenvalue weighted by atomic mass is 9.74. The summed E-state index contributed by atoms with van der Waals surface area (Å²) in [6.07, 6.45) is 18.3. The van der Waals surface area contributed by atoms with Gasteiger partial charge in [-0.15, -0.1) is 0 Å². The molecule has 0 N–H and O–H groups in total. The number of fused-ring (bicyclic) bond motifs is 2. The molecule has 0 nitrogen and oxygen atoms in total. The van der Waals surface area contributed by atoms with Crippen LogP contribution in [0.1, 0.15) is 102 Å². The lowest BCUT2D eigenvalue weighted by Gasteiger charge is -2.45. The maximum absolute atomic E-state index is 2.88. The van der Waals surface area contributed by atoms with E-state index in [4.69, 9.17) is 0 Å². The van der Waals surface area contributed by atoms with E-state index in [9.17, 15) is 0 Å². The Hall–Kier alpha value is -0.563. The minimum absolute atomic E-state index is 0.779. The molecule has 4 aliphatic carbocycles. The fourth-order valence-corrected chi connectivity index (χ4v) is 15.5. The van der Waals surface area contributed by atoms with Crippen LogP contribution < -0.4 is 0 Å². The van der Waals surface area contributed by atoms with Gasteiger partial charge < -0.3 is 0 Å². The standard InChI is InChI=1S/C31H50Si/c1-5-23(24-13-7-6-8-14-24)20-25-21-31(29-18-12-10-16-27(25)29)32(3,4)30-19-22(2)26-15-9-11-17-28(26)30/h6-8,13-14,22-23,25-31H,5,9-12,15-21H2,1-4H3. The van der Waals surface area contributed by atoms with Gasteiger partial charge in [0.25, 0.3) is 0 Å². The minimum atomic E-state index is -1.28. The van der Waals surface area contributed by atoms with Gasteiger partial charge in [0.05, 0.1) is 8.07 Å². The average molecular weight is 451 g/mol. The second kappa shape index (κ2) is 9.59. The Morgan fingerprint density at radius 3 is 2.00 bits per heavy atom. The van der Waals surface area contributed by atoms with E-state index in [1.165, 1.54) is 38.5 Å². The van der Waals surface area contributed by atoms with Crippen molar-refractivity contribution in [3.05, 3.63) is 35.9 Å². The number of hydrogen-bond acceptors (Lipinski definition) is 0. The molecule has 178 valence electrons. The molecule has 4 saturated carbocycles. The molecular formula is C31H50Si. The lowest BCUT2D eigenvalue weighted by molar-refractivity contribution is 0.211. The van der Waals surface area contributed by atoms with E-state index >= 15 is 0 Å². The zero-order valence-corrected chi connectivity index (χ0v) is 22.6. The van der Waals surface area contributed by atoms with Crippen molar-refractivity contribution in [3.8, 4) is 0 Å². The molecule has 5 rings (SSSR count). The van der Waals surface area contributed by atoms with Crippen LogP contribution in [0.5, 0.6) is 0 Å². The summed E-state index contributed by atoms with van der Waals surface area (Å²) in [5, 5.41) is 0. The summed E-state index contributed by atoms with van der Waals surface area (Å²) in [6, 6.07) is 11.5. The van der Waals surface area contributed by atoms with Crippen molar-refractivity contribution in [2.24, 2.45) is 35.5 Å². The maximum atomic E-state index is 2.88. The summed E-state index contributed by atoms with van der Waals surface area (Å²) < 4.78 is 0. The van der Waals surface area contributed by atoms with E-state index in [1.807, 2.05) is 0 Å². The van der Waals surface area contributed by atoms with Crippen molar-refractivity contribution in [3.63, 3.8) is 0 Å². The molecule has 0 heterocycles. The first-order chi connectivity index (χ1) is 15.5. The van der Waals surface area contributed by atoms with Crippen LogP contribution >= 0.6 is 0 Å². The lowest BCUT2D eigenvalue weighted by Crippen LogP contribution is -2.43. The highest BCUT2D eigenvalue weighted by molar-refractivity contribution is 6.80. The van der Waals surface area contributed by atoms with Crippen molar-refractivity contribution in [1.82, 2.24) is 0 Å². The summed E-state index contributed by atoms with van der Waals surface area (Å²) in [5.74, 6) is 7.13. The van der Waals surface area contributed by atoms with E-state index in [0.29, 0.717) is 0 Å². The predicted molar refractivity (Wildman–Crippen MR) is 142 cm³/mol. The molecule has 0 bridgehead atoms. The molecule has 4 aliphatic rings. The topological polar surface area (TPSA) is 0 Å². The Labute approximate surface area is 200 Å². The SMILES string of the molecule is CCC(CC1CC([Si](C)(C)C2CC(C)C3CCCCC32)C2CCCCC12)c1ccccc1. The fourth-order valence-electron chi connectivity index (χ4n) is 9.98. The highest BCUT2D eigenvalue weighted by Gasteiger charge is 2.56. The van der Waals surface area contributed by atoms with Crippen molar-refractivity contribution in [2.75, 3.05) is 0 Å². The molecule has 9 atom stereocenters. The molecule has 4 fully saturated rings. The van der Waals surface area contributed by atoms with Gasteiger partial charge in [-0.3, -0.25) is 0 Å². The Kier molecular flexibility index (Phi) is 6.95. The molecule has 9 unspecified atom stereocenters. The summed E-state index contributed by atoms with van der Waals surface area (Å²) in [5.41, 5.74) is 3.85. The van der Waals surface area contributed by atoms with E-state index in [2.05, 4.69) is 57.3 Å². The molecular weight excluding hydrogens is 400 g/mol. The summed E-state index contributed by atoms with van der Waals surface area (Å²) in [6.45, 7) is 10.8. The molecule has 0 spiro atoms. The number of benzene rings is 1. The zero-order valence-electron chi connectivity index (χ0n) is 21.6. The third-order valence-corrected chi connectivity index (χ3v) is 16.7. The molecule has 0 aromatic heterocycles. The number of hydrogen-bond donors (Lipinski definition) is 0. The third-order valence-electron chi connectivity index (χ3n) is 11.6. The van der Waals surface area contributed by atoms with Gasteiger partial charge in [-0.05, 0) is 96.6 Å². The van der Waals surface area contributed by atoms with Gasteiger partial charge in [-0.2, -0.15) is 0 Å². The monoisotopic (exact) mass is 450 g/mol. The van der Waals surface area contributed by atoms with Crippen molar-refractivity contribution in [2.45, 2.75) is 121 Å². The first kappa shape index (κ1) is 23.2.